The first-order valence-corrected chi connectivity index (χ1v) is 7.76. The Balaban J connectivity index is 1.80. The van der Waals surface area contributed by atoms with Crippen molar-refractivity contribution in [1.82, 2.24) is 5.32 Å². The summed E-state index contributed by atoms with van der Waals surface area (Å²) in [5.41, 5.74) is 0.245. The molecule has 0 aromatic heterocycles. The van der Waals surface area contributed by atoms with Crippen LogP contribution in [-0.2, 0) is 11.2 Å². The first-order valence-electron chi connectivity index (χ1n) is 7.76. The summed E-state index contributed by atoms with van der Waals surface area (Å²) in [6.45, 7) is 3.78. The molecule has 0 spiro atoms. The predicted molar refractivity (Wildman–Crippen MR) is 83.9 cm³/mol. The minimum Gasteiger partial charge on any atom is -0.388 e. The maximum absolute atomic E-state index is 11.0. The van der Waals surface area contributed by atoms with E-state index in [0.29, 0.717) is 39.0 Å². The van der Waals surface area contributed by atoms with Crippen LogP contribution in [0.1, 0.15) is 31.7 Å². The van der Waals surface area contributed by atoms with Crippen molar-refractivity contribution >= 4 is 5.69 Å². The van der Waals surface area contributed by atoms with Gasteiger partial charge >= 0.3 is 0 Å². The summed E-state index contributed by atoms with van der Waals surface area (Å²) < 4.78 is 5.26. The van der Waals surface area contributed by atoms with Crippen molar-refractivity contribution in [2.45, 2.75) is 44.2 Å². The van der Waals surface area contributed by atoms with Crippen molar-refractivity contribution in [2.24, 2.45) is 0 Å². The molecule has 0 aliphatic carbocycles. The van der Waals surface area contributed by atoms with E-state index in [9.17, 15) is 15.2 Å². The van der Waals surface area contributed by atoms with Gasteiger partial charge in [-0.05, 0) is 19.8 Å². The average molecular weight is 308 g/mol. The zero-order valence-electron chi connectivity index (χ0n) is 13.0. The van der Waals surface area contributed by atoms with Crippen LogP contribution in [0, 0.1) is 10.1 Å². The molecule has 1 unspecified atom stereocenters. The lowest BCUT2D eigenvalue weighted by molar-refractivity contribution is -0.385. The zero-order chi connectivity index (χ0) is 16.0. The van der Waals surface area contributed by atoms with Crippen LogP contribution in [0.15, 0.2) is 24.3 Å². The van der Waals surface area contributed by atoms with Gasteiger partial charge < -0.3 is 15.2 Å². The molecule has 22 heavy (non-hydrogen) atoms. The number of nitro benzene ring substituents is 1. The third-order valence-corrected chi connectivity index (χ3v) is 4.24. The van der Waals surface area contributed by atoms with E-state index >= 15 is 0 Å². The van der Waals surface area contributed by atoms with Gasteiger partial charge in [0, 0.05) is 50.3 Å². The molecule has 2 rings (SSSR count). The van der Waals surface area contributed by atoms with E-state index in [1.807, 2.05) is 13.0 Å². The Morgan fingerprint density at radius 3 is 2.77 bits per heavy atom. The number of para-hydroxylation sites is 1. The molecule has 1 aromatic carbocycles. The smallest absolute Gasteiger partial charge is 0.272 e. The number of nitrogens with zero attached hydrogens (tertiary/aromatic N) is 1. The Kier molecular flexibility index (Phi) is 5.88. The Morgan fingerprint density at radius 2 is 2.09 bits per heavy atom. The Labute approximate surface area is 130 Å². The molecule has 1 aliphatic rings. The monoisotopic (exact) mass is 308 g/mol. The molecule has 1 fully saturated rings. The van der Waals surface area contributed by atoms with Gasteiger partial charge in [-0.3, -0.25) is 10.1 Å². The maximum atomic E-state index is 11.0. The minimum absolute atomic E-state index is 0.178. The van der Waals surface area contributed by atoms with Crippen LogP contribution in [-0.4, -0.2) is 41.4 Å². The van der Waals surface area contributed by atoms with Gasteiger partial charge in [-0.25, -0.2) is 0 Å². The minimum atomic E-state index is -0.689. The summed E-state index contributed by atoms with van der Waals surface area (Å²) >= 11 is 0. The van der Waals surface area contributed by atoms with Gasteiger partial charge in [-0.2, -0.15) is 0 Å². The summed E-state index contributed by atoms with van der Waals surface area (Å²) in [5.74, 6) is 0. The van der Waals surface area contributed by atoms with Crippen LogP contribution < -0.4 is 5.32 Å². The second-order valence-electron chi connectivity index (χ2n) is 6.04. The van der Waals surface area contributed by atoms with Crippen molar-refractivity contribution in [3.05, 3.63) is 39.9 Å². The normalized spacial score (nSPS) is 18.8. The number of nitrogens with one attached hydrogen (secondary N) is 1. The largest absolute Gasteiger partial charge is 0.388 e. The molecule has 1 atom stereocenters. The van der Waals surface area contributed by atoms with Crippen molar-refractivity contribution in [3.8, 4) is 0 Å². The highest BCUT2D eigenvalue weighted by molar-refractivity contribution is 5.39. The number of hydrogen-bond donors (Lipinski definition) is 2. The second kappa shape index (κ2) is 7.67. The van der Waals surface area contributed by atoms with Gasteiger partial charge in [-0.1, -0.05) is 18.2 Å². The molecule has 1 aromatic rings. The highest BCUT2D eigenvalue weighted by Gasteiger charge is 2.29. The number of aryl methyl sites for hydroxylation is 1. The second-order valence-corrected chi connectivity index (χ2v) is 6.04. The number of benzene rings is 1. The van der Waals surface area contributed by atoms with Crippen LogP contribution >= 0.6 is 0 Å². The fourth-order valence-electron chi connectivity index (χ4n) is 2.67. The number of rotatable bonds is 7. The van der Waals surface area contributed by atoms with Crippen molar-refractivity contribution in [3.63, 3.8) is 0 Å². The van der Waals surface area contributed by atoms with Crippen molar-refractivity contribution in [1.29, 1.82) is 0 Å². The van der Waals surface area contributed by atoms with Crippen LogP contribution in [0.2, 0.25) is 0 Å². The van der Waals surface area contributed by atoms with Crippen LogP contribution in [0.3, 0.4) is 0 Å². The summed E-state index contributed by atoms with van der Waals surface area (Å²) in [7, 11) is 0. The van der Waals surface area contributed by atoms with Crippen molar-refractivity contribution < 1.29 is 14.8 Å². The highest BCUT2D eigenvalue weighted by Crippen LogP contribution is 2.21. The number of hydrogen-bond acceptors (Lipinski definition) is 5. The molecular weight excluding hydrogens is 284 g/mol. The molecule has 0 amide bonds. The summed E-state index contributed by atoms with van der Waals surface area (Å²) in [6, 6.07) is 7.04. The van der Waals surface area contributed by atoms with Gasteiger partial charge in [0.2, 0.25) is 0 Å². The van der Waals surface area contributed by atoms with Crippen LogP contribution in [0.5, 0.6) is 0 Å². The lowest BCUT2D eigenvalue weighted by Crippen LogP contribution is -2.47. The predicted octanol–water partition coefficient (Wildman–Crippen LogP) is 2.05. The van der Waals surface area contributed by atoms with E-state index in [0.717, 1.165) is 12.0 Å². The van der Waals surface area contributed by atoms with E-state index in [-0.39, 0.29) is 16.7 Å². The van der Waals surface area contributed by atoms with E-state index in [2.05, 4.69) is 5.32 Å². The third-order valence-electron chi connectivity index (χ3n) is 4.24. The van der Waals surface area contributed by atoms with E-state index < -0.39 is 5.60 Å². The highest BCUT2D eigenvalue weighted by atomic mass is 16.6. The third kappa shape index (κ3) is 4.76. The van der Waals surface area contributed by atoms with Gasteiger partial charge in [0.05, 0.1) is 10.5 Å². The lowest BCUT2D eigenvalue weighted by atomic mass is 9.94. The average Bonchev–Trinajstić information content (AvgIpc) is 2.52. The Bertz CT molecular complexity index is 501. The Hall–Kier alpha value is -1.50. The van der Waals surface area contributed by atoms with E-state index in [1.165, 1.54) is 6.07 Å². The molecule has 0 saturated carbocycles. The number of ether oxygens (including phenoxy) is 1. The van der Waals surface area contributed by atoms with Gasteiger partial charge in [0.15, 0.2) is 0 Å². The fourth-order valence-corrected chi connectivity index (χ4v) is 2.67. The topological polar surface area (TPSA) is 84.6 Å². The standard InChI is InChI=1S/C16H24N2O4/c1-13(17-12-16(19)8-10-22-11-9-16)6-7-14-4-2-3-5-15(14)18(20)21/h2-5,13,17,19H,6-12H2,1H3. The fraction of sp³-hybridized carbons (Fsp3) is 0.625. The van der Waals surface area contributed by atoms with Crippen molar-refractivity contribution in [2.75, 3.05) is 19.8 Å². The summed E-state index contributed by atoms with van der Waals surface area (Å²) in [4.78, 5) is 10.7. The number of aliphatic hydroxyl groups is 1. The molecule has 1 heterocycles. The number of nitro groups is 1. The van der Waals surface area contributed by atoms with Crippen LogP contribution in [0.4, 0.5) is 5.69 Å². The summed E-state index contributed by atoms with van der Waals surface area (Å²) in [5, 5.41) is 24.7. The zero-order valence-corrected chi connectivity index (χ0v) is 13.0. The molecule has 6 heteroatoms. The quantitative estimate of drug-likeness (QED) is 0.595. The molecule has 0 radical (unpaired) electrons. The van der Waals surface area contributed by atoms with E-state index in [1.54, 1.807) is 12.1 Å². The first-order chi connectivity index (χ1) is 10.5. The van der Waals surface area contributed by atoms with Gasteiger partial charge in [0.1, 0.15) is 0 Å². The molecule has 1 aliphatic heterocycles. The molecular formula is C16H24N2O4. The maximum Gasteiger partial charge on any atom is 0.272 e. The SMILES string of the molecule is CC(CCc1ccccc1[N+](=O)[O-])NCC1(O)CCOCC1. The van der Waals surface area contributed by atoms with Gasteiger partial charge in [0.25, 0.3) is 5.69 Å². The van der Waals surface area contributed by atoms with Crippen LogP contribution in [0.25, 0.3) is 0 Å². The summed E-state index contributed by atoms with van der Waals surface area (Å²) in [6.07, 6.45) is 2.73. The molecule has 2 N–H and O–H groups in total. The Morgan fingerprint density at radius 1 is 1.41 bits per heavy atom. The van der Waals surface area contributed by atoms with E-state index in [4.69, 9.17) is 4.74 Å². The molecule has 122 valence electrons. The lowest BCUT2D eigenvalue weighted by Gasteiger charge is -2.33. The molecule has 0 bridgehead atoms. The first kappa shape index (κ1) is 16.9. The van der Waals surface area contributed by atoms with Gasteiger partial charge in [-0.15, -0.1) is 0 Å². The molecule has 1 saturated heterocycles. The molecule has 6 nitrogen and oxygen atoms in total.